The van der Waals surface area contributed by atoms with Crippen molar-refractivity contribution < 1.29 is 0 Å². The maximum absolute atomic E-state index is 2.24. The summed E-state index contributed by atoms with van der Waals surface area (Å²) in [5.74, 6) is 0. The Hall–Kier alpha value is -1.56. The van der Waals surface area contributed by atoms with Crippen LogP contribution in [-0.4, -0.2) is 0 Å². The molecule has 0 heterocycles. The Bertz CT molecular complexity index is 536. The molecule has 0 unspecified atom stereocenters. The molecule has 0 saturated heterocycles. The maximum Gasteiger partial charge on any atom is -0.00107 e. The Balaban J connectivity index is 2.37. The first-order valence-electron chi connectivity index (χ1n) is 5.45. The van der Waals surface area contributed by atoms with E-state index in [4.69, 9.17) is 0 Å². The van der Waals surface area contributed by atoms with Gasteiger partial charge in [0, 0.05) is 0 Å². The van der Waals surface area contributed by atoms with Crippen molar-refractivity contribution in [3.05, 3.63) is 58.7 Å². The first-order chi connectivity index (χ1) is 7.27. The van der Waals surface area contributed by atoms with Gasteiger partial charge in [0.1, 0.15) is 0 Å². The highest BCUT2D eigenvalue weighted by Crippen LogP contribution is 2.39. The average Bonchev–Trinajstić information content (AvgIpc) is 2.64. The zero-order valence-corrected chi connectivity index (χ0v) is 9.17. The summed E-state index contributed by atoms with van der Waals surface area (Å²) in [7, 11) is 0. The summed E-state index contributed by atoms with van der Waals surface area (Å²) in [4.78, 5) is 0. The fourth-order valence-corrected chi connectivity index (χ4v) is 2.58. The molecule has 0 aromatic heterocycles. The molecule has 0 aliphatic heterocycles. The third kappa shape index (κ3) is 1.14. The lowest BCUT2D eigenvalue weighted by Crippen LogP contribution is -1.88. The molecule has 74 valence electrons. The zero-order valence-electron chi connectivity index (χ0n) is 9.17. The first kappa shape index (κ1) is 8.72. The van der Waals surface area contributed by atoms with E-state index in [2.05, 4.69) is 50.2 Å². The zero-order chi connectivity index (χ0) is 10.4. The van der Waals surface area contributed by atoms with E-state index < -0.39 is 0 Å². The summed E-state index contributed by atoms with van der Waals surface area (Å²) in [5, 5.41) is 0. The van der Waals surface area contributed by atoms with Gasteiger partial charge in [0.2, 0.25) is 0 Å². The van der Waals surface area contributed by atoms with E-state index in [0.717, 1.165) is 6.42 Å². The molecular weight excluding hydrogens is 180 g/mol. The summed E-state index contributed by atoms with van der Waals surface area (Å²) in [6.45, 7) is 4.42. The van der Waals surface area contributed by atoms with Crippen LogP contribution in [0.3, 0.4) is 0 Å². The van der Waals surface area contributed by atoms with Crippen molar-refractivity contribution in [2.45, 2.75) is 20.3 Å². The fraction of sp³-hybridized carbons (Fsp3) is 0.200. The van der Waals surface area contributed by atoms with Crippen LogP contribution in [0.25, 0.3) is 11.1 Å². The Kier molecular flexibility index (Phi) is 1.72. The molecule has 0 radical (unpaired) electrons. The first-order valence-corrected chi connectivity index (χ1v) is 5.45. The average molecular weight is 194 g/mol. The molecule has 0 N–H and O–H groups in total. The van der Waals surface area contributed by atoms with E-state index in [9.17, 15) is 0 Å². The molecule has 0 fully saturated rings. The number of fused-ring (bicyclic) bond motifs is 3. The number of benzene rings is 2. The second-order valence-electron chi connectivity index (χ2n) is 4.39. The standard InChI is InChI=1S/C15H14/c1-10-7-8-11(2)15-13-6-4-3-5-12(13)9-14(10)15/h3-8H,9H2,1-2H3. The van der Waals surface area contributed by atoms with Crippen molar-refractivity contribution in [2.24, 2.45) is 0 Å². The van der Waals surface area contributed by atoms with E-state index in [1.807, 2.05) is 0 Å². The second-order valence-corrected chi connectivity index (χ2v) is 4.39. The molecule has 3 rings (SSSR count). The lowest BCUT2D eigenvalue weighted by Gasteiger charge is -2.07. The lowest BCUT2D eigenvalue weighted by molar-refractivity contribution is 1.21. The van der Waals surface area contributed by atoms with Gasteiger partial charge in [-0.2, -0.15) is 0 Å². The number of hydrogen-bond donors (Lipinski definition) is 0. The van der Waals surface area contributed by atoms with Gasteiger partial charge in [0.15, 0.2) is 0 Å². The van der Waals surface area contributed by atoms with Gasteiger partial charge in [-0.05, 0) is 53.6 Å². The van der Waals surface area contributed by atoms with Gasteiger partial charge in [-0.1, -0.05) is 36.4 Å². The molecule has 0 nitrogen and oxygen atoms in total. The van der Waals surface area contributed by atoms with Gasteiger partial charge in [0.05, 0.1) is 0 Å². The van der Waals surface area contributed by atoms with Gasteiger partial charge in [-0.15, -0.1) is 0 Å². The summed E-state index contributed by atoms with van der Waals surface area (Å²) >= 11 is 0. The van der Waals surface area contributed by atoms with Crippen LogP contribution in [0.15, 0.2) is 36.4 Å². The van der Waals surface area contributed by atoms with Crippen molar-refractivity contribution in [3.63, 3.8) is 0 Å². The van der Waals surface area contributed by atoms with E-state index in [1.54, 1.807) is 0 Å². The van der Waals surface area contributed by atoms with Crippen molar-refractivity contribution in [1.29, 1.82) is 0 Å². The van der Waals surface area contributed by atoms with Gasteiger partial charge < -0.3 is 0 Å². The third-order valence-electron chi connectivity index (χ3n) is 3.41. The van der Waals surface area contributed by atoms with E-state index in [1.165, 1.54) is 33.4 Å². The van der Waals surface area contributed by atoms with Crippen LogP contribution in [0.2, 0.25) is 0 Å². The second kappa shape index (κ2) is 2.96. The van der Waals surface area contributed by atoms with Crippen LogP contribution in [-0.2, 0) is 6.42 Å². The quantitative estimate of drug-likeness (QED) is 0.509. The molecule has 0 bridgehead atoms. The SMILES string of the molecule is Cc1ccc(C)c2c1Cc1ccccc1-2. The highest BCUT2D eigenvalue weighted by molar-refractivity contribution is 5.80. The minimum Gasteiger partial charge on any atom is -0.0619 e. The highest BCUT2D eigenvalue weighted by Gasteiger charge is 2.20. The van der Waals surface area contributed by atoms with Gasteiger partial charge in [0.25, 0.3) is 0 Å². The number of rotatable bonds is 0. The smallest absolute Gasteiger partial charge is 0.00107 e. The van der Waals surface area contributed by atoms with Gasteiger partial charge in [-0.25, -0.2) is 0 Å². The van der Waals surface area contributed by atoms with Crippen molar-refractivity contribution in [1.82, 2.24) is 0 Å². The highest BCUT2D eigenvalue weighted by atomic mass is 14.2. The molecule has 1 aliphatic carbocycles. The largest absolute Gasteiger partial charge is 0.0619 e. The fourth-order valence-electron chi connectivity index (χ4n) is 2.58. The van der Waals surface area contributed by atoms with Crippen LogP contribution in [0.5, 0.6) is 0 Å². The Labute approximate surface area is 90.6 Å². The molecule has 0 heteroatoms. The predicted molar refractivity (Wildman–Crippen MR) is 64.2 cm³/mol. The monoisotopic (exact) mass is 194 g/mol. The Morgan fingerprint density at radius 2 is 1.60 bits per heavy atom. The van der Waals surface area contributed by atoms with E-state index >= 15 is 0 Å². The van der Waals surface area contributed by atoms with Crippen molar-refractivity contribution in [2.75, 3.05) is 0 Å². The maximum atomic E-state index is 2.24. The predicted octanol–water partition coefficient (Wildman–Crippen LogP) is 3.87. The summed E-state index contributed by atoms with van der Waals surface area (Å²) < 4.78 is 0. The van der Waals surface area contributed by atoms with Crippen LogP contribution < -0.4 is 0 Å². The van der Waals surface area contributed by atoms with E-state index in [-0.39, 0.29) is 0 Å². The molecule has 0 atom stereocenters. The molecule has 0 spiro atoms. The molecule has 0 amide bonds. The van der Waals surface area contributed by atoms with Crippen LogP contribution in [0.1, 0.15) is 22.3 Å². The van der Waals surface area contributed by atoms with Crippen LogP contribution in [0.4, 0.5) is 0 Å². The minimum absolute atomic E-state index is 1.11. The topological polar surface area (TPSA) is 0 Å². The van der Waals surface area contributed by atoms with Gasteiger partial charge >= 0.3 is 0 Å². The molecule has 15 heavy (non-hydrogen) atoms. The molecule has 2 aromatic carbocycles. The van der Waals surface area contributed by atoms with Gasteiger partial charge in [-0.3, -0.25) is 0 Å². The van der Waals surface area contributed by atoms with Crippen LogP contribution in [0, 0.1) is 13.8 Å². The van der Waals surface area contributed by atoms with Crippen LogP contribution >= 0.6 is 0 Å². The number of hydrogen-bond acceptors (Lipinski definition) is 0. The summed E-state index contributed by atoms with van der Waals surface area (Å²) in [6.07, 6.45) is 1.11. The summed E-state index contributed by atoms with van der Waals surface area (Å²) in [5.41, 5.74) is 8.74. The molecule has 0 saturated carbocycles. The van der Waals surface area contributed by atoms with Crippen molar-refractivity contribution in [3.8, 4) is 11.1 Å². The minimum atomic E-state index is 1.11. The Morgan fingerprint density at radius 1 is 0.867 bits per heavy atom. The normalized spacial score (nSPS) is 12.4. The van der Waals surface area contributed by atoms with E-state index in [0.29, 0.717) is 0 Å². The molecular formula is C15H14. The summed E-state index contributed by atoms with van der Waals surface area (Å²) in [6, 6.07) is 13.2. The lowest BCUT2D eigenvalue weighted by atomic mass is 9.97. The van der Waals surface area contributed by atoms with Crippen molar-refractivity contribution >= 4 is 0 Å². The molecule has 1 aliphatic rings. The Morgan fingerprint density at radius 3 is 2.47 bits per heavy atom. The number of aryl methyl sites for hydroxylation is 2. The molecule has 2 aromatic rings. The third-order valence-corrected chi connectivity index (χ3v) is 3.41.